The minimum atomic E-state index is -0.763. The molecule has 0 bridgehead atoms. The highest BCUT2D eigenvalue weighted by Gasteiger charge is 2.38. The Morgan fingerprint density at radius 2 is 1.61 bits per heavy atom. The van der Waals surface area contributed by atoms with E-state index in [9.17, 15) is 23.2 Å². The molecule has 0 N–H and O–H groups in total. The number of amides is 3. The third-order valence-corrected chi connectivity index (χ3v) is 6.66. The molecule has 3 aromatic carbocycles. The second kappa shape index (κ2) is 9.18. The van der Waals surface area contributed by atoms with Crippen molar-refractivity contribution in [2.24, 2.45) is 0 Å². The number of anilines is 1. The molecule has 2 heterocycles. The zero-order valence-corrected chi connectivity index (χ0v) is 19.9. The van der Waals surface area contributed by atoms with Gasteiger partial charge in [-0.25, -0.2) is 13.7 Å². The molecule has 5 rings (SSSR count). The summed E-state index contributed by atoms with van der Waals surface area (Å²) in [6.07, 6.45) is 0.649. The van der Waals surface area contributed by atoms with Gasteiger partial charge in [0.1, 0.15) is 11.9 Å². The molecule has 0 unspecified atom stereocenters. The normalized spacial score (nSPS) is 15.9. The predicted octanol–water partition coefficient (Wildman–Crippen LogP) is 5.07. The Morgan fingerprint density at radius 1 is 0.889 bits per heavy atom. The summed E-state index contributed by atoms with van der Waals surface area (Å²) in [5.74, 6) is -2.57. The summed E-state index contributed by atoms with van der Waals surface area (Å²) in [5.41, 5.74) is 3.06. The minimum Gasteiger partial charge on any atom is -0.487 e. The zero-order valence-electron chi connectivity index (χ0n) is 19.9. The van der Waals surface area contributed by atoms with Gasteiger partial charge in [0.15, 0.2) is 11.6 Å². The van der Waals surface area contributed by atoms with Crippen LogP contribution in [0.25, 0.3) is 0 Å². The van der Waals surface area contributed by atoms with Crippen LogP contribution in [0.5, 0.6) is 5.75 Å². The van der Waals surface area contributed by atoms with Gasteiger partial charge in [-0.1, -0.05) is 12.1 Å². The van der Waals surface area contributed by atoms with Gasteiger partial charge in [-0.05, 0) is 61.4 Å². The Hall–Kier alpha value is -4.07. The van der Waals surface area contributed by atoms with Gasteiger partial charge in [0.05, 0.1) is 16.8 Å². The van der Waals surface area contributed by atoms with Crippen molar-refractivity contribution in [2.45, 2.75) is 32.8 Å². The third kappa shape index (κ3) is 4.23. The van der Waals surface area contributed by atoms with Crippen LogP contribution in [0.1, 0.15) is 55.0 Å². The average molecular weight is 491 g/mol. The quantitative estimate of drug-likeness (QED) is 0.479. The van der Waals surface area contributed by atoms with E-state index in [1.165, 1.54) is 23.1 Å². The molecule has 0 atom stereocenters. The number of hydrogen-bond donors (Lipinski definition) is 0. The van der Waals surface area contributed by atoms with Crippen molar-refractivity contribution < 1.29 is 27.9 Å². The van der Waals surface area contributed by atoms with Crippen molar-refractivity contribution in [3.8, 4) is 5.75 Å². The molecule has 0 aliphatic carbocycles. The summed E-state index contributed by atoms with van der Waals surface area (Å²) in [4.78, 5) is 42.2. The highest BCUT2D eigenvalue weighted by atomic mass is 19.1. The molecule has 8 heteroatoms. The number of carbonyl (C=O) groups excluding carboxylic acids is 3. The van der Waals surface area contributed by atoms with E-state index in [4.69, 9.17) is 4.74 Å². The van der Waals surface area contributed by atoms with Gasteiger partial charge in [-0.3, -0.25) is 14.4 Å². The molecule has 3 aromatic rings. The molecule has 184 valence electrons. The van der Waals surface area contributed by atoms with Crippen molar-refractivity contribution in [3.05, 3.63) is 94.0 Å². The van der Waals surface area contributed by atoms with Crippen LogP contribution in [0, 0.1) is 25.5 Å². The van der Waals surface area contributed by atoms with Crippen LogP contribution in [0.3, 0.4) is 0 Å². The minimum absolute atomic E-state index is 0.0172. The fourth-order valence-corrected chi connectivity index (χ4v) is 4.66. The van der Waals surface area contributed by atoms with E-state index in [-0.39, 0.29) is 28.9 Å². The maximum Gasteiger partial charge on any atom is 0.266 e. The lowest BCUT2D eigenvalue weighted by atomic mass is 10.0. The SMILES string of the molecule is Cc1ccc(C)c(N2C(=O)c3ccc(C(=O)N4CCC(Oc5ccc(F)cc5F)CC4)cc3C2=O)c1. The fourth-order valence-electron chi connectivity index (χ4n) is 4.66. The lowest BCUT2D eigenvalue weighted by molar-refractivity contribution is 0.0588. The van der Waals surface area contributed by atoms with Crippen LogP contribution in [-0.2, 0) is 0 Å². The number of ether oxygens (including phenoxy) is 1. The zero-order chi connectivity index (χ0) is 25.6. The van der Waals surface area contributed by atoms with Crippen molar-refractivity contribution >= 4 is 23.4 Å². The van der Waals surface area contributed by atoms with E-state index in [2.05, 4.69) is 0 Å². The standard InChI is InChI=1S/C28H24F2N2O4/c1-16-3-4-17(2)24(13-16)32-27(34)21-7-5-18(14-22(21)28(32)35)26(33)31-11-9-20(10-12-31)36-25-8-6-19(29)15-23(25)30/h3-8,13-15,20H,9-12H2,1-2H3. The summed E-state index contributed by atoms with van der Waals surface area (Å²) in [6.45, 7) is 4.49. The highest BCUT2D eigenvalue weighted by Crippen LogP contribution is 2.32. The molecule has 6 nitrogen and oxygen atoms in total. The number of likely N-dealkylation sites (tertiary alicyclic amines) is 1. The van der Waals surface area contributed by atoms with Crippen molar-refractivity contribution in [1.82, 2.24) is 4.90 Å². The van der Waals surface area contributed by atoms with Crippen molar-refractivity contribution in [3.63, 3.8) is 0 Å². The molecule has 2 aliphatic rings. The number of carbonyl (C=O) groups is 3. The van der Waals surface area contributed by atoms with Crippen LogP contribution < -0.4 is 9.64 Å². The van der Waals surface area contributed by atoms with Gasteiger partial charge in [-0.2, -0.15) is 0 Å². The van der Waals surface area contributed by atoms with Gasteiger partial charge in [0, 0.05) is 37.6 Å². The summed E-state index contributed by atoms with van der Waals surface area (Å²) in [5, 5.41) is 0. The van der Waals surface area contributed by atoms with E-state index in [1.54, 1.807) is 17.0 Å². The first kappa shape index (κ1) is 23.7. The van der Waals surface area contributed by atoms with Crippen LogP contribution in [0.4, 0.5) is 14.5 Å². The number of hydrogen-bond acceptors (Lipinski definition) is 4. The molecule has 0 radical (unpaired) electrons. The number of aryl methyl sites for hydroxylation is 2. The molecule has 3 amide bonds. The van der Waals surface area contributed by atoms with Gasteiger partial charge < -0.3 is 9.64 Å². The average Bonchev–Trinajstić information content (AvgIpc) is 3.11. The molecule has 0 aromatic heterocycles. The number of piperidine rings is 1. The maximum absolute atomic E-state index is 13.9. The molecular formula is C28H24F2N2O4. The second-order valence-corrected chi connectivity index (χ2v) is 9.18. The largest absolute Gasteiger partial charge is 0.487 e. The number of nitrogens with zero attached hydrogens (tertiary/aromatic N) is 2. The smallest absolute Gasteiger partial charge is 0.266 e. The lowest BCUT2D eigenvalue weighted by Gasteiger charge is -2.32. The number of benzene rings is 3. The van der Waals surface area contributed by atoms with Crippen molar-refractivity contribution in [2.75, 3.05) is 18.0 Å². The molecule has 1 saturated heterocycles. The first-order chi connectivity index (χ1) is 17.2. The van der Waals surface area contributed by atoms with E-state index in [0.29, 0.717) is 37.2 Å². The van der Waals surface area contributed by atoms with Crippen LogP contribution in [-0.4, -0.2) is 41.8 Å². The predicted molar refractivity (Wildman–Crippen MR) is 129 cm³/mol. The third-order valence-electron chi connectivity index (χ3n) is 6.66. The van der Waals surface area contributed by atoms with Gasteiger partial charge >= 0.3 is 0 Å². The Morgan fingerprint density at radius 3 is 2.33 bits per heavy atom. The van der Waals surface area contributed by atoms with Gasteiger partial charge in [-0.15, -0.1) is 0 Å². The first-order valence-corrected chi connectivity index (χ1v) is 11.7. The van der Waals surface area contributed by atoms with E-state index >= 15 is 0 Å². The summed E-state index contributed by atoms with van der Waals surface area (Å²) >= 11 is 0. The second-order valence-electron chi connectivity index (χ2n) is 9.18. The lowest BCUT2D eigenvalue weighted by Crippen LogP contribution is -2.41. The monoisotopic (exact) mass is 490 g/mol. The molecule has 36 heavy (non-hydrogen) atoms. The highest BCUT2D eigenvalue weighted by molar-refractivity contribution is 6.35. The Labute approximate surface area is 207 Å². The van der Waals surface area contributed by atoms with Crippen molar-refractivity contribution in [1.29, 1.82) is 0 Å². The molecule has 0 saturated carbocycles. The molecule has 0 spiro atoms. The Balaban J connectivity index is 1.29. The van der Waals surface area contributed by atoms with Crippen LogP contribution >= 0.6 is 0 Å². The molecular weight excluding hydrogens is 466 g/mol. The van der Waals surface area contributed by atoms with E-state index in [1.807, 2.05) is 26.0 Å². The van der Waals surface area contributed by atoms with Crippen LogP contribution in [0.2, 0.25) is 0 Å². The molecule has 2 aliphatic heterocycles. The maximum atomic E-state index is 13.9. The van der Waals surface area contributed by atoms with E-state index < -0.39 is 23.4 Å². The van der Waals surface area contributed by atoms with Gasteiger partial charge in [0.2, 0.25) is 0 Å². The number of imide groups is 1. The fraction of sp³-hybridized carbons (Fsp3) is 0.250. The summed E-state index contributed by atoms with van der Waals surface area (Å²) in [6, 6.07) is 13.3. The first-order valence-electron chi connectivity index (χ1n) is 11.7. The number of halogens is 2. The summed E-state index contributed by atoms with van der Waals surface area (Å²) < 4.78 is 32.7. The number of fused-ring (bicyclic) bond motifs is 1. The molecule has 1 fully saturated rings. The summed E-state index contributed by atoms with van der Waals surface area (Å²) in [7, 11) is 0. The van der Waals surface area contributed by atoms with Crippen LogP contribution in [0.15, 0.2) is 54.6 Å². The topological polar surface area (TPSA) is 66.9 Å². The van der Waals surface area contributed by atoms with E-state index in [0.717, 1.165) is 23.3 Å². The number of rotatable bonds is 4. The Bertz CT molecular complexity index is 1400. The van der Waals surface area contributed by atoms with Gasteiger partial charge in [0.25, 0.3) is 17.7 Å². The Kier molecular flexibility index (Phi) is 6.04.